The number of rotatable bonds is 1. The summed E-state index contributed by atoms with van der Waals surface area (Å²) in [5.74, 6) is -3.27. The minimum absolute atomic E-state index is 0.00148. The van der Waals surface area contributed by atoms with E-state index in [0.29, 0.717) is 19.3 Å². The molecule has 0 radical (unpaired) electrons. The van der Waals surface area contributed by atoms with Crippen LogP contribution in [0.25, 0.3) is 0 Å². The van der Waals surface area contributed by atoms with Gasteiger partial charge in [-0.3, -0.25) is 19.2 Å². The Bertz CT molecular complexity index is 606. The van der Waals surface area contributed by atoms with Crippen molar-refractivity contribution in [3.63, 3.8) is 0 Å². The topological polar surface area (TPSA) is 86.7 Å². The first-order valence-corrected chi connectivity index (χ1v) is 7.74. The van der Waals surface area contributed by atoms with Crippen molar-refractivity contribution in [2.75, 3.05) is 0 Å². The van der Waals surface area contributed by atoms with E-state index in [1.807, 2.05) is 6.08 Å². The Hall–Kier alpha value is -1.98. The number of carbonyl (C=O) groups is 4. The van der Waals surface area contributed by atoms with Crippen LogP contribution in [0.1, 0.15) is 25.7 Å². The lowest BCUT2D eigenvalue weighted by Gasteiger charge is -2.37. The molecule has 0 spiro atoms. The fraction of sp³-hybridized carbons (Fsp3) is 0.625. The van der Waals surface area contributed by atoms with Crippen molar-refractivity contribution in [3.05, 3.63) is 12.2 Å². The number of cyclic esters (lactones) is 4. The van der Waals surface area contributed by atoms with Gasteiger partial charge in [0.1, 0.15) is 0 Å². The zero-order valence-electron chi connectivity index (χ0n) is 11.9. The summed E-state index contributed by atoms with van der Waals surface area (Å²) in [5, 5.41) is 0. The van der Waals surface area contributed by atoms with E-state index in [-0.39, 0.29) is 23.7 Å². The Kier molecular flexibility index (Phi) is 2.96. The number of fused-ring (bicyclic) bond motifs is 2. The van der Waals surface area contributed by atoms with Crippen molar-refractivity contribution < 1.29 is 28.7 Å². The van der Waals surface area contributed by atoms with Crippen molar-refractivity contribution >= 4 is 23.9 Å². The third-order valence-corrected chi connectivity index (χ3v) is 5.65. The van der Waals surface area contributed by atoms with Gasteiger partial charge in [0.2, 0.25) is 0 Å². The maximum absolute atomic E-state index is 12.0. The summed E-state index contributed by atoms with van der Waals surface area (Å²) in [4.78, 5) is 47.1. The molecule has 6 heteroatoms. The van der Waals surface area contributed by atoms with Crippen LogP contribution in [0, 0.1) is 35.5 Å². The minimum atomic E-state index is -0.485. The summed E-state index contributed by atoms with van der Waals surface area (Å²) in [5.41, 5.74) is 0. The monoisotopic (exact) mass is 304 g/mol. The maximum atomic E-state index is 12.0. The van der Waals surface area contributed by atoms with Gasteiger partial charge in [-0.2, -0.15) is 0 Å². The molecule has 2 aliphatic carbocycles. The average Bonchev–Trinajstić information content (AvgIpc) is 2.96. The van der Waals surface area contributed by atoms with Crippen LogP contribution in [0.2, 0.25) is 0 Å². The third kappa shape index (κ3) is 1.86. The van der Waals surface area contributed by atoms with Gasteiger partial charge in [0.05, 0.1) is 23.7 Å². The highest BCUT2D eigenvalue weighted by Gasteiger charge is 2.54. The normalized spacial score (nSPS) is 43.6. The molecule has 3 fully saturated rings. The Balaban J connectivity index is 1.57. The molecule has 0 aromatic heterocycles. The van der Waals surface area contributed by atoms with E-state index in [2.05, 4.69) is 0 Å². The van der Waals surface area contributed by atoms with Gasteiger partial charge in [-0.25, -0.2) is 0 Å². The molecule has 22 heavy (non-hydrogen) atoms. The zero-order chi connectivity index (χ0) is 15.4. The summed E-state index contributed by atoms with van der Waals surface area (Å²) in [7, 11) is 0. The van der Waals surface area contributed by atoms with Gasteiger partial charge in [0.15, 0.2) is 0 Å². The van der Waals surface area contributed by atoms with Gasteiger partial charge in [-0.05, 0) is 37.5 Å². The summed E-state index contributed by atoms with van der Waals surface area (Å²) >= 11 is 0. The second-order valence-corrected chi connectivity index (χ2v) is 6.65. The van der Waals surface area contributed by atoms with E-state index >= 15 is 0 Å². The van der Waals surface area contributed by atoms with Crippen molar-refractivity contribution in [3.8, 4) is 0 Å². The Morgan fingerprint density at radius 1 is 0.864 bits per heavy atom. The molecule has 0 aromatic rings. The lowest BCUT2D eigenvalue weighted by Crippen LogP contribution is -2.37. The molecule has 0 N–H and O–H groups in total. The molecule has 116 valence electrons. The highest BCUT2D eigenvalue weighted by Crippen LogP contribution is 2.48. The quantitative estimate of drug-likeness (QED) is 0.408. The van der Waals surface area contributed by atoms with Gasteiger partial charge in [-0.1, -0.05) is 12.2 Å². The predicted molar refractivity (Wildman–Crippen MR) is 70.7 cm³/mol. The molecular formula is C16H16O6. The second-order valence-electron chi connectivity index (χ2n) is 6.65. The first kappa shape index (κ1) is 13.7. The van der Waals surface area contributed by atoms with Crippen molar-refractivity contribution in [2.24, 2.45) is 35.5 Å². The Labute approximate surface area is 126 Å². The molecule has 6 atom stereocenters. The molecule has 1 saturated carbocycles. The minimum Gasteiger partial charge on any atom is -0.393 e. The standard InChI is InChI=1S/C16H16O6/c17-13-9-5-4-7(6-11(9)15(19)21-13)8-2-1-3-10-12(8)16(20)22-14(10)18/h1,3,7-12H,2,4-6H2. The first-order chi connectivity index (χ1) is 10.6. The smallest absolute Gasteiger partial charge is 0.321 e. The molecule has 0 amide bonds. The number of allylic oxidation sites excluding steroid dienone is 1. The largest absolute Gasteiger partial charge is 0.393 e. The highest BCUT2D eigenvalue weighted by molar-refractivity contribution is 5.98. The molecule has 0 aromatic carbocycles. The fourth-order valence-corrected chi connectivity index (χ4v) is 4.57. The zero-order valence-corrected chi connectivity index (χ0v) is 11.9. The first-order valence-electron chi connectivity index (χ1n) is 7.74. The summed E-state index contributed by atoms with van der Waals surface area (Å²) in [6, 6.07) is 0. The summed E-state index contributed by atoms with van der Waals surface area (Å²) in [6.45, 7) is 0. The SMILES string of the molecule is O=C1OC(=O)C2C1C=CCC2C1CCC2C(=O)OC(=O)C2C1. The van der Waals surface area contributed by atoms with Gasteiger partial charge in [0, 0.05) is 0 Å². The van der Waals surface area contributed by atoms with Crippen LogP contribution >= 0.6 is 0 Å². The van der Waals surface area contributed by atoms with Crippen LogP contribution in [0.15, 0.2) is 12.2 Å². The molecule has 2 aliphatic heterocycles. The number of esters is 4. The Morgan fingerprint density at radius 2 is 1.59 bits per heavy atom. The molecule has 0 bridgehead atoms. The lowest BCUT2D eigenvalue weighted by atomic mass is 9.63. The lowest BCUT2D eigenvalue weighted by molar-refractivity contribution is -0.155. The summed E-state index contributed by atoms with van der Waals surface area (Å²) in [6.07, 6.45) is 6.32. The van der Waals surface area contributed by atoms with E-state index in [4.69, 9.17) is 9.47 Å². The Morgan fingerprint density at radius 3 is 2.41 bits per heavy atom. The fourth-order valence-electron chi connectivity index (χ4n) is 4.57. The van der Waals surface area contributed by atoms with Crippen LogP contribution in [0.4, 0.5) is 0 Å². The van der Waals surface area contributed by atoms with E-state index in [0.717, 1.165) is 6.42 Å². The van der Waals surface area contributed by atoms with Crippen molar-refractivity contribution in [1.29, 1.82) is 0 Å². The van der Waals surface area contributed by atoms with Crippen molar-refractivity contribution in [1.82, 2.24) is 0 Å². The maximum Gasteiger partial charge on any atom is 0.321 e. The van der Waals surface area contributed by atoms with Gasteiger partial charge in [-0.15, -0.1) is 0 Å². The van der Waals surface area contributed by atoms with Crippen molar-refractivity contribution in [2.45, 2.75) is 25.7 Å². The number of ether oxygens (including phenoxy) is 2. The molecule has 6 unspecified atom stereocenters. The van der Waals surface area contributed by atoms with E-state index in [9.17, 15) is 19.2 Å². The van der Waals surface area contributed by atoms with Gasteiger partial charge >= 0.3 is 23.9 Å². The highest BCUT2D eigenvalue weighted by atomic mass is 16.6. The van der Waals surface area contributed by atoms with Crippen LogP contribution < -0.4 is 0 Å². The van der Waals surface area contributed by atoms with E-state index in [1.54, 1.807) is 6.08 Å². The predicted octanol–water partition coefficient (Wildman–Crippen LogP) is 0.994. The van der Waals surface area contributed by atoms with Crippen LogP contribution in [0.3, 0.4) is 0 Å². The second kappa shape index (κ2) is 4.76. The average molecular weight is 304 g/mol. The molecule has 6 nitrogen and oxygen atoms in total. The van der Waals surface area contributed by atoms with E-state index < -0.39 is 35.7 Å². The number of hydrogen-bond donors (Lipinski definition) is 0. The third-order valence-electron chi connectivity index (χ3n) is 5.65. The molecule has 2 saturated heterocycles. The molecule has 4 rings (SSSR count). The number of hydrogen-bond acceptors (Lipinski definition) is 6. The van der Waals surface area contributed by atoms with Crippen LogP contribution in [0.5, 0.6) is 0 Å². The van der Waals surface area contributed by atoms with Crippen LogP contribution in [-0.2, 0) is 28.7 Å². The van der Waals surface area contributed by atoms with E-state index in [1.165, 1.54) is 0 Å². The summed E-state index contributed by atoms with van der Waals surface area (Å²) < 4.78 is 9.51. The number of carbonyl (C=O) groups excluding carboxylic acids is 4. The molecule has 4 aliphatic rings. The molecular weight excluding hydrogens is 288 g/mol. The van der Waals surface area contributed by atoms with Crippen LogP contribution in [-0.4, -0.2) is 23.9 Å². The van der Waals surface area contributed by atoms with Gasteiger partial charge < -0.3 is 9.47 Å². The molecule has 2 heterocycles. The van der Waals surface area contributed by atoms with Gasteiger partial charge in [0.25, 0.3) is 0 Å².